The molecule has 0 saturated heterocycles. The van der Waals surface area contributed by atoms with Crippen molar-refractivity contribution in [1.82, 2.24) is 5.32 Å². The van der Waals surface area contributed by atoms with Crippen molar-refractivity contribution < 1.29 is 4.42 Å². The van der Waals surface area contributed by atoms with Crippen LogP contribution in [0, 0.1) is 11.8 Å². The van der Waals surface area contributed by atoms with Crippen LogP contribution in [0.4, 0.5) is 0 Å². The third-order valence-corrected chi connectivity index (χ3v) is 5.21. The first-order valence-corrected chi connectivity index (χ1v) is 8.53. The normalized spacial score (nSPS) is 24.3. The molecule has 1 atom stereocenters. The first kappa shape index (κ1) is 14.6. The van der Waals surface area contributed by atoms with Gasteiger partial charge in [0.15, 0.2) is 0 Å². The molecular formula is C19H27NO. The van der Waals surface area contributed by atoms with Gasteiger partial charge in [-0.1, -0.05) is 51.3 Å². The van der Waals surface area contributed by atoms with Gasteiger partial charge in [0.2, 0.25) is 0 Å². The predicted octanol–water partition coefficient (Wildman–Crippen LogP) is 5.30. The maximum absolute atomic E-state index is 5.77. The van der Waals surface area contributed by atoms with Gasteiger partial charge in [0.05, 0.1) is 6.26 Å². The Labute approximate surface area is 127 Å². The van der Waals surface area contributed by atoms with Gasteiger partial charge in [-0.05, 0) is 37.3 Å². The highest BCUT2D eigenvalue weighted by Crippen LogP contribution is 2.40. The van der Waals surface area contributed by atoms with E-state index >= 15 is 0 Å². The zero-order valence-electron chi connectivity index (χ0n) is 13.3. The van der Waals surface area contributed by atoms with Gasteiger partial charge in [-0.25, -0.2) is 0 Å². The first-order valence-electron chi connectivity index (χ1n) is 8.53. The second kappa shape index (κ2) is 6.65. The Morgan fingerprint density at radius 2 is 1.90 bits per heavy atom. The molecule has 0 spiro atoms. The fraction of sp³-hybridized carbons (Fsp3) is 0.579. The summed E-state index contributed by atoms with van der Waals surface area (Å²) in [6, 6.07) is 8.85. The molecule has 114 valence electrons. The lowest BCUT2D eigenvalue weighted by atomic mass is 9.76. The number of benzene rings is 1. The quantitative estimate of drug-likeness (QED) is 0.806. The van der Waals surface area contributed by atoms with Crippen molar-refractivity contribution in [3.63, 3.8) is 0 Å². The summed E-state index contributed by atoms with van der Waals surface area (Å²) in [5.41, 5.74) is 2.37. The average Bonchev–Trinajstić information content (AvgIpc) is 2.97. The van der Waals surface area contributed by atoms with E-state index in [2.05, 4.69) is 37.4 Å². The van der Waals surface area contributed by atoms with Crippen LogP contribution >= 0.6 is 0 Å². The van der Waals surface area contributed by atoms with Gasteiger partial charge < -0.3 is 9.73 Å². The fourth-order valence-corrected chi connectivity index (χ4v) is 3.92. The van der Waals surface area contributed by atoms with Gasteiger partial charge >= 0.3 is 0 Å². The molecule has 1 heterocycles. The molecule has 0 radical (unpaired) electrons. The maximum Gasteiger partial charge on any atom is 0.134 e. The largest absolute Gasteiger partial charge is 0.464 e. The minimum Gasteiger partial charge on any atom is -0.464 e. The molecule has 1 aromatic carbocycles. The van der Waals surface area contributed by atoms with Crippen LogP contribution in [0.3, 0.4) is 0 Å². The van der Waals surface area contributed by atoms with E-state index in [4.69, 9.17) is 4.42 Å². The summed E-state index contributed by atoms with van der Waals surface area (Å²) in [6.45, 7) is 5.54. The van der Waals surface area contributed by atoms with E-state index in [9.17, 15) is 0 Å². The number of hydrogen-bond donors (Lipinski definition) is 1. The van der Waals surface area contributed by atoms with Crippen molar-refractivity contribution in [3.8, 4) is 0 Å². The molecule has 2 heteroatoms. The van der Waals surface area contributed by atoms with Crippen LogP contribution < -0.4 is 5.32 Å². The fourth-order valence-electron chi connectivity index (χ4n) is 3.92. The molecule has 1 N–H and O–H groups in total. The monoisotopic (exact) mass is 285 g/mol. The molecular weight excluding hydrogens is 258 g/mol. The molecule has 2 aromatic rings. The Bertz CT molecular complexity index is 566. The predicted molar refractivity (Wildman–Crippen MR) is 88.4 cm³/mol. The highest BCUT2D eigenvalue weighted by Gasteiger charge is 2.29. The van der Waals surface area contributed by atoms with Crippen LogP contribution in [0.25, 0.3) is 11.0 Å². The van der Waals surface area contributed by atoms with Crippen LogP contribution in [-0.2, 0) is 0 Å². The standard InChI is InChI=1S/C19H27NO/c1-3-14-9-11-15(12-10-14)19(20-4-2)17-13-21-18-8-6-5-7-16(17)18/h5-8,13-15,19-20H,3-4,9-12H2,1-2H3. The molecule has 1 aliphatic rings. The summed E-state index contributed by atoms with van der Waals surface area (Å²) in [7, 11) is 0. The lowest BCUT2D eigenvalue weighted by Crippen LogP contribution is -2.30. The van der Waals surface area contributed by atoms with E-state index in [1.807, 2.05) is 12.3 Å². The summed E-state index contributed by atoms with van der Waals surface area (Å²) in [5.74, 6) is 1.69. The summed E-state index contributed by atoms with van der Waals surface area (Å²) >= 11 is 0. The van der Waals surface area contributed by atoms with Crippen molar-refractivity contribution >= 4 is 11.0 Å². The van der Waals surface area contributed by atoms with Gasteiger partial charge in [-0.2, -0.15) is 0 Å². The molecule has 2 nitrogen and oxygen atoms in total. The van der Waals surface area contributed by atoms with E-state index in [-0.39, 0.29) is 0 Å². The number of nitrogens with one attached hydrogen (secondary N) is 1. The van der Waals surface area contributed by atoms with Crippen molar-refractivity contribution in [2.24, 2.45) is 11.8 Å². The Balaban J connectivity index is 1.84. The third kappa shape index (κ3) is 3.01. The first-order chi connectivity index (χ1) is 10.3. The van der Waals surface area contributed by atoms with Crippen molar-refractivity contribution in [2.45, 2.75) is 52.0 Å². The molecule has 1 fully saturated rings. The lowest BCUT2D eigenvalue weighted by Gasteiger charge is -2.34. The topological polar surface area (TPSA) is 25.2 Å². The van der Waals surface area contributed by atoms with E-state index in [0.717, 1.165) is 24.0 Å². The summed E-state index contributed by atoms with van der Waals surface area (Å²) < 4.78 is 5.77. The zero-order chi connectivity index (χ0) is 14.7. The summed E-state index contributed by atoms with van der Waals surface area (Å²) in [6.07, 6.45) is 8.78. The van der Waals surface area contributed by atoms with Crippen LogP contribution in [-0.4, -0.2) is 6.54 Å². The molecule has 3 rings (SSSR count). The highest BCUT2D eigenvalue weighted by molar-refractivity contribution is 5.81. The minimum atomic E-state index is 0.441. The molecule has 0 amide bonds. The van der Waals surface area contributed by atoms with E-state index in [0.29, 0.717) is 6.04 Å². The Hall–Kier alpha value is -1.28. The molecule has 1 unspecified atom stereocenters. The van der Waals surface area contributed by atoms with Crippen LogP contribution in [0.1, 0.15) is 57.6 Å². The SMILES string of the molecule is CCNC(c1coc2ccccc12)C1CCC(CC)CC1. The van der Waals surface area contributed by atoms with E-state index < -0.39 is 0 Å². The summed E-state index contributed by atoms with van der Waals surface area (Å²) in [4.78, 5) is 0. The molecule has 21 heavy (non-hydrogen) atoms. The van der Waals surface area contributed by atoms with Crippen LogP contribution in [0.15, 0.2) is 34.9 Å². The Kier molecular flexibility index (Phi) is 4.64. The van der Waals surface area contributed by atoms with Gasteiger partial charge in [-0.15, -0.1) is 0 Å². The van der Waals surface area contributed by atoms with E-state index in [1.165, 1.54) is 43.1 Å². The lowest BCUT2D eigenvalue weighted by molar-refractivity contribution is 0.220. The van der Waals surface area contributed by atoms with Gasteiger partial charge in [0, 0.05) is 17.0 Å². The minimum absolute atomic E-state index is 0.441. The van der Waals surface area contributed by atoms with Gasteiger partial charge in [-0.3, -0.25) is 0 Å². The average molecular weight is 285 g/mol. The molecule has 1 aliphatic carbocycles. The number of hydrogen-bond acceptors (Lipinski definition) is 2. The second-order valence-electron chi connectivity index (χ2n) is 6.41. The number of para-hydroxylation sites is 1. The van der Waals surface area contributed by atoms with Gasteiger partial charge in [0.1, 0.15) is 5.58 Å². The number of rotatable bonds is 5. The Morgan fingerprint density at radius 1 is 1.14 bits per heavy atom. The zero-order valence-corrected chi connectivity index (χ0v) is 13.3. The number of fused-ring (bicyclic) bond motifs is 1. The van der Waals surface area contributed by atoms with E-state index in [1.54, 1.807) is 0 Å². The molecule has 1 saturated carbocycles. The maximum atomic E-state index is 5.77. The Morgan fingerprint density at radius 3 is 2.62 bits per heavy atom. The highest BCUT2D eigenvalue weighted by atomic mass is 16.3. The number of furan rings is 1. The molecule has 0 aliphatic heterocycles. The smallest absolute Gasteiger partial charge is 0.134 e. The van der Waals surface area contributed by atoms with Crippen molar-refractivity contribution in [1.29, 1.82) is 0 Å². The van der Waals surface area contributed by atoms with Crippen LogP contribution in [0.2, 0.25) is 0 Å². The molecule has 1 aromatic heterocycles. The second-order valence-corrected chi connectivity index (χ2v) is 6.41. The third-order valence-electron chi connectivity index (χ3n) is 5.21. The molecule has 0 bridgehead atoms. The van der Waals surface area contributed by atoms with Crippen molar-refractivity contribution in [2.75, 3.05) is 6.54 Å². The van der Waals surface area contributed by atoms with Crippen molar-refractivity contribution in [3.05, 3.63) is 36.1 Å². The van der Waals surface area contributed by atoms with Gasteiger partial charge in [0.25, 0.3) is 0 Å². The summed E-state index contributed by atoms with van der Waals surface area (Å²) in [5, 5.41) is 5.00. The van der Waals surface area contributed by atoms with Crippen LogP contribution in [0.5, 0.6) is 0 Å².